The van der Waals surface area contributed by atoms with Crippen molar-refractivity contribution in [3.63, 3.8) is 0 Å². The van der Waals surface area contributed by atoms with E-state index in [-0.39, 0.29) is 24.3 Å². The number of aliphatic hydroxyl groups excluding tert-OH is 1. The summed E-state index contributed by atoms with van der Waals surface area (Å²) in [6.45, 7) is 6.36. The van der Waals surface area contributed by atoms with Crippen molar-refractivity contribution in [2.75, 3.05) is 38.6 Å². The van der Waals surface area contributed by atoms with Crippen molar-refractivity contribution in [2.45, 2.75) is 32.8 Å². The summed E-state index contributed by atoms with van der Waals surface area (Å²) in [5.41, 5.74) is -1.87. The number of rotatable bonds is 7. The molecule has 34 heavy (non-hydrogen) atoms. The summed E-state index contributed by atoms with van der Waals surface area (Å²) in [7, 11) is 1.87. The monoisotopic (exact) mass is 483 g/mol. The lowest BCUT2D eigenvalue weighted by molar-refractivity contribution is -0.138. The molecule has 1 amide bonds. The average molecular weight is 484 g/mol. The second kappa shape index (κ2) is 13.7. The van der Waals surface area contributed by atoms with Gasteiger partial charge in [-0.15, -0.1) is 0 Å². The van der Waals surface area contributed by atoms with Crippen molar-refractivity contribution in [1.82, 2.24) is 10.2 Å². The van der Waals surface area contributed by atoms with E-state index in [2.05, 4.69) is 10.6 Å². The SMILES string of the molecule is CC.CNCCCO.Cc1ccc(Nc2c(C(=O)N3CC(O)(C=O)C3)ccc(F)c2F)c(F)c1. The molecule has 0 unspecified atom stereocenters. The number of nitrogens with one attached hydrogen (secondary N) is 2. The largest absolute Gasteiger partial charge is 0.396 e. The molecule has 1 aliphatic rings. The number of β-amino-alcohol motifs (C(OH)–C–C–N with tert-alkyl or cyclic N) is 1. The smallest absolute Gasteiger partial charge is 0.256 e. The maximum Gasteiger partial charge on any atom is 0.256 e. The zero-order valence-electron chi connectivity index (χ0n) is 19.8. The molecule has 7 nitrogen and oxygen atoms in total. The summed E-state index contributed by atoms with van der Waals surface area (Å²) in [5.74, 6) is -3.94. The van der Waals surface area contributed by atoms with Gasteiger partial charge in [0.2, 0.25) is 0 Å². The molecule has 0 aromatic heterocycles. The fraction of sp³-hybridized carbons (Fsp3) is 0.417. The zero-order valence-corrected chi connectivity index (χ0v) is 19.8. The predicted molar refractivity (Wildman–Crippen MR) is 125 cm³/mol. The molecule has 4 N–H and O–H groups in total. The Hall–Kier alpha value is -2.95. The minimum atomic E-state index is -1.63. The van der Waals surface area contributed by atoms with Gasteiger partial charge in [0.1, 0.15) is 5.82 Å². The first-order valence-electron chi connectivity index (χ1n) is 10.9. The molecule has 1 heterocycles. The van der Waals surface area contributed by atoms with Gasteiger partial charge in [-0.3, -0.25) is 9.59 Å². The molecule has 1 aliphatic heterocycles. The third-order valence-electron chi connectivity index (χ3n) is 4.73. The number of aliphatic hydroxyl groups is 2. The Kier molecular flexibility index (Phi) is 11.7. The highest BCUT2D eigenvalue weighted by atomic mass is 19.2. The van der Waals surface area contributed by atoms with Crippen LogP contribution < -0.4 is 10.6 Å². The number of anilines is 2. The van der Waals surface area contributed by atoms with Crippen molar-refractivity contribution in [3.05, 3.63) is 58.9 Å². The Bertz CT molecular complexity index is 963. The minimum Gasteiger partial charge on any atom is -0.396 e. The van der Waals surface area contributed by atoms with E-state index in [4.69, 9.17) is 5.11 Å². The van der Waals surface area contributed by atoms with Gasteiger partial charge in [-0.05, 0) is 56.8 Å². The van der Waals surface area contributed by atoms with Crippen molar-refractivity contribution < 1.29 is 33.0 Å². The average Bonchev–Trinajstić information content (AvgIpc) is 2.81. The second-order valence-electron chi connectivity index (χ2n) is 7.46. The van der Waals surface area contributed by atoms with Crippen LogP contribution in [0.5, 0.6) is 0 Å². The lowest BCUT2D eigenvalue weighted by Crippen LogP contribution is -2.64. The maximum atomic E-state index is 14.3. The molecule has 0 aliphatic carbocycles. The number of hydrogen-bond donors (Lipinski definition) is 4. The fourth-order valence-corrected chi connectivity index (χ4v) is 2.97. The molecular formula is C24H32F3N3O4. The zero-order chi connectivity index (χ0) is 25.9. The number of nitrogens with zero attached hydrogens (tertiary/aromatic N) is 1. The number of aldehydes is 1. The van der Waals surface area contributed by atoms with E-state index in [1.54, 1.807) is 13.0 Å². The molecule has 3 rings (SSSR count). The summed E-state index contributed by atoms with van der Waals surface area (Å²) in [4.78, 5) is 24.4. The summed E-state index contributed by atoms with van der Waals surface area (Å²) in [6, 6.07) is 5.97. The molecule has 0 radical (unpaired) electrons. The molecule has 0 atom stereocenters. The lowest BCUT2D eigenvalue weighted by atomic mass is 9.95. The topological polar surface area (TPSA) is 102 Å². The number of carbonyl (C=O) groups excluding carboxylic acids is 2. The van der Waals surface area contributed by atoms with Gasteiger partial charge in [-0.2, -0.15) is 0 Å². The Morgan fingerprint density at radius 1 is 1.15 bits per heavy atom. The van der Waals surface area contributed by atoms with E-state index < -0.39 is 34.6 Å². The van der Waals surface area contributed by atoms with Crippen LogP contribution in [0.15, 0.2) is 30.3 Å². The molecule has 0 saturated carbocycles. The molecule has 1 saturated heterocycles. The van der Waals surface area contributed by atoms with Gasteiger partial charge in [0.05, 0.1) is 30.0 Å². The lowest BCUT2D eigenvalue weighted by Gasteiger charge is -2.42. The van der Waals surface area contributed by atoms with Crippen LogP contribution in [0.2, 0.25) is 0 Å². The van der Waals surface area contributed by atoms with E-state index in [1.807, 2.05) is 20.9 Å². The molecule has 2 aromatic rings. The first-order chi connectivity index (χ1) is 16.2. The first kappa shape index (κ1) is 29.1. The van der Waals surface area contributed by atoms with E-state index in [0.29, 0.717) is 18.5 Å². The van der Waals surface area contributed by atoms with Crippen LogP contribution in [0, 0.1) is 24.4 Å². The summed E-state index contributed by atoms with van der Waals surface area (Å²) in [5, 5.41) is 23.2. The van der Waals surface area contributed by atoms with E-state index in [9.17, 15) is 27.9 Å². The Morgan fingerprint density at radius 3 is 2.29 bits per heavy atom. The fourth-order valence-electron chi connectivity index (χ4n) is 2.97. The highest BCUT2D eigenvalue weighted by molar-refractivity contribution is 6.01. The van der Waals surface area contributed by atoms with Gasteiger partial charge < -0.3 is 25.7 Å². The Morgan fingerprint density at radius 2 is 1.79 bits per heavy atom. The van der Waals surface area contributed by atoms with Gasteiger partial charge in [0, 0.05) is 6.61 Å². The molecule has 188 valence electrons. The quantitative estimate of drug-likeness (QED) is 0.357. The van der Waals surface area contributed by atoms with Crippen molar-refractivity contribution >= 4 is 23.6 Å². The second-order valence-corrected chi connectivity index (χ2v) is 7.46. The predicted octanol–water partition coefficient (Wildman–Crippen LogP) is 3.16. The third-order valence-corrected chi connectivity index (χ3v) is 4.73. The Balaban J connectivity index is 0.000000631. The number of hydrogen-bond acceptors (Lipinski definition) is 6. The number of halogens is 3. The molecular weight excluding hydrogens is 451 g/mol. The van der Waals surface area contributed by atoms with Crippen LogP contribution in [0.1, 0.15) is 36.2 Å². The van der Waals surface area contributed by atoms with E-state index >= 15 is 0 Å². The standard InChI is InChI=1S/C18H15F3N2O3.C4H11NO.C2H6/c1-10-2-5-14(13(20)6-10)22-16-11(3-4-12(19)15(16)21)17(25)23-7-18(26,8-23)9-24;1-5-3-2-4-6;1-2/h2-6,9,22,26H,7-8H2,1H3;5-6H,2-4H2,1H3;1-2H3. The van der Waals surface area contributed by atoms with Crippen LogP contribution in [0.4, 0.5) is 24.5 Å². The summed E-state index contributed by atoms with van der Waals surface area (Å²) >= 11 is 0. The van der Waals surface area contributed by atoms with Crippen molar-refractivity contribution in [2.24, 2.45) is 0 Å². The van der Waals surface area contributed by atoms with Gasteiger partial charge >= 0.3 is 0 Å². The normalized spacial score (nSPS) is 13.5. The number of amides is 1. The van der Waals surface area contributed by atoms with Crippen LogP contribution in [-0.2, 0) is 4.79 Å². The maximum absolute atomic E-state index is 14.3. The number of aryl methyl sites for hydroxylation is 1. The highest BCUT2D eigenvalue weighted by Gasteiger charge is 2.44. The van der Waals surface area contributed by atoms with Gasteiger partial charge in [0.25, 0.3) is 5.91 Å². The number of likely N-dealkylation sites (tertiary alicyclic amines) is 1. The summed E-state index contributed by atoms with van der Waals surface area (Å²) in [6.07, 6.45) is 1.18. The number of carbonyl (C=O) groups is 2. The van der Waals surface area contributed by atoms with Crippen LogP contribution in [0.25, 0.3) is 0 Å². The van der Waals surface area contributed by atoms with Gasteiger partial charge in [0.15, 0.2) is 23.5 Å². The first-order valence-corrected chi connectivity index (χ1v) is 10.9. The number of benzene rings is 2. The molecule has 1 fully saturated rings. The Labute approximate surface area is 197 Å². The van der Waals surface area contributed by atoms with Crippen molar-refractivity contribution in [3.8, 4) is 0 Å². The minimum absolute atomic E-state index is 0.123. The highest BCUT2D eigenvalue weighted by Crippen LogP contribution is 2.31. The molecule has 10 heteroatoms. The van der Waals surface area contributed by atoms with Crippen LogP contribution >= 0.6 is 0 Å². The molecule has 2 aromatic carbocycles. The van der Waals surface area contributed by atoms with Crippen LogP contribution in [-0.4, -0.2) is 66.2 Å². The van der Waals surface area contributed by atoms with Crippen molar-refractivity contribution in [1.29, 1.82) is 0 Å². The summed E-state index contributed by atoms with van der Waals surface area (Å²) < 4.78 is 42.0. The van der Waals surface area contributed by atoms with E-state index in [1.165, 1.54) is 12.1 Å². The van der Waals surface area contributed by atoms with Gasteiger partial charge in [-0.1, -0.05) is 19.9 Å². The molecule has 0 spiro atoms. The molecule has 0 bridgehead atoms. The van der Waals surface area contributed by atoms with Crippen LogP contribution in [0.3, 0.4) is 0 Å². The van der Waals surface area contributed by atoms with E-state index in [0.717, 1.165) is 30.0 Å². The van der Waals surface area contributed by atoms with Gasteiger partial charge in [-0.25, -0.2) is 13.2 Å². The third kappa shape index (κ3) is 7.54.